The Morgan fingerprint density at radius 3 is 2.31 bits per heavy atom. The first-order valence-electron chi connectivity index (χ1n) is 4.52. The second-order valence-electron chi connectivity index (χ2n) is 4.13. The lowest BCUT2D eigenvalue weighted by Crippen LogP contribution is -2.25. The highest BCUT2D eigenvalue weighted by molar-refractivity contribution is 5.73. The lowest BCUT2D eigenvalue weighted by molar-refractivity contribution is -0.153. The Kier molecular flexibility index (Phi) is 3.03. The fourth-order valence-electron chi connectivity index (χ4n) is 1.14. The van der Waals surface area contributed by atoms with Crippen LogP contribution in [0.15, 0.2) is 16.5 Å². The molecule has 0 aliphatic carbocycles. The molecule has 16 heavy (non-hydrogen) atoms. The minimum absolute atomic E-state index is 0.0136. The van der Waals surface area contributed by atoms with Crippen LogP contribution in [0, 0.1) is 5.41 Å². The first-order chi connectivity index (χ1) is 7.13. The van der Waals surface area contributed by atoms with E-state index in [1.807, 2.05) is 0 Å². The van der Waals surface area contributed by atoms with E-state index in [4.69, 9.17) is 5.11 Å². The summed E-state index contributed by atoms with van der Waals surface area (Å²) in [5, 5.41) is 8.81. The minimum Gasteiger partial charge on any atom is -0.481 e. The molecule has 0 aromatic carbocycles. The topological polar surface area (TPSA) is 50.4 Å². The fraction of sp³-hybridized carbons (Fsp3) is 0.500. The molecule has 1 aromatic rings. The van der Waals surface area contributed by atoms with Crippen LogP contribution in [0.2, 0.25) is 0 Å². The van der Waals surface area contributed by atoms with Crippen LogP contribution in [0.4, 0.5) is 13.2 Å². The average molecular weight is 236 g/mol. The van der Waals surface area contributed by atoms with Gasteiger partial charge in [-0.3, -0.25) is 4.79 Å². The van der Waals surface area contributed by atoms with Crippen molar-refractivity contribution in [1.29, 1.82) is 0 Å². The van der Waals surface area contributed by atoms with Crippen LogP contribution in [0.3, 0.4) is 0 Å². The number of hydrogen-bond donors (Lipinski definition) is 1. The van der Waals surface area contributed by atoms with Gasteiger partial charge in [0, 0.05) is 6.42 Å². The molecule has 0 bridgehead atoms. The van der Waals surface area contributed by atoms with Gasteiger partial charge in [-0.05, 0) is 26.0 Å². The van der Waals surface area contributed by atoms with Gasteiger partial charge in [0.05, 0.1) is 5.41 Å². The number of carboxylic acids is 1. The van der Waals surface area contributed by atoms with Gasteiger partial charge in [0.2, 0.25) is 5.76 Å². The molecule has 3 nitrogen and oxygen atoms in total. The Morgan fingerprint density at radius 1 is 1.38 bits per heavy atom. The van der Waals surface area contributed by atoms with Crippen molar-refractivity contribution >= 4 is 5.97 Å². The zero-order valence-corrected chi connectivity index (χ0v) is 8.76. The first-order valence-corrected chi connectivity index (χ1v) is 4.52. The maximum Gasteiger partial charge on any atom is 0.449 e. The van der Waals surface area contributed by atoms with Crippen LogP contribution in [0.25, 0.3) is 0 Å². The Bertz CT molecular complexity index is 390. The van der Waals surface area contributed by atoms with E-state index in [9.17, 15) is 18.0 Å². The van der Waals surface area contributed by atoms with Crippen molar-refractivity contribution in [2.24, 2.45) is 5.41 Å². The number of furan rings is 1. The van der Waals surface area contributed by atoms with Crippen molar-refractivity contribution in [3.05, 3.63) is 23.7 Å². The third kappa shape index (κ3) is 2.77. The minimum atomic E-state index is -4.54. The lowest BCUT2D eigenvalue weighted by atomic mass is 9.88. The molecule has 1 heterocycles. The highest BCUT2D eigenvalue weighted by atomic mass is 19.4. The van der Waals surface area contributed by atoms with Crippen LogP contribution in [-0.2, 0) is 17.4 Å². The molecule has 0 fully saturated rings. The summed E-state index contributed by atoms with van der Waals surface area (Å²) in [6, 6.07) is 1.95. The third-order valence-electron chi connectivity index (χ3n) is 2.14. The molecule has 0 unspecified atom stereocenters. The molecule has 90 valence electrons. The maximum atomic E-state index is 12.2. The van der Waals surface area contributed by atoms with Crippen LogP contribution >= 0.6 is 0 Å². The van der Waals surface area contributed by atoms with E-state index in [1.165, 1.54) is 13.8 Å². The third-order valence-corrected chi connectivity index (χ3v) is 2.14. The number of rotatable bonds is 3. The van der Waals surface area contributed by atoms with Gasteiger partial charge in [0.1, 0.15) is 5.76 Å². The summed E-state index contributed by atoms with van der Waals surface area (Å²) in [6.45, 7) is 2.84. The van der Waals surface area contributed by atoms with E-state index in [0.717, 1.165) is 12.1 Å². The van der Waals surface area contributed by atoms with Crippen molar-refractivity contribution in [1.82, 2.24) is 0 Å². The largest absolute Gasteiger partial charge is 0.481 e. The molecule has 1 rings (SSSR count). The monoisotopic (exact) mass is 236 g/mol. The zero-order chi connectivity index (χ0) is 12.6. The van der Waals surface area contributed by atoms with Crippen LogP contribution in [0.1, 0.15) is 25.4 Å². The predicted octanol–water partition coefficient (Wildman–Crippen LogP) is 2.95. The van der Waals surface area contributed by atoms with Crippen LogP contribution in [-0.4, -0.2) is 11.1 Å². The Balaban J connectivity index is 2.85. The molecule has 0 saturated heterocycles. The summed E-state index contributed by atoms with van der Waals surface area (Å²) < 4.78 is 41.1. The van der Waals surface area contributed by atoms with Crippen molar-refractivity contribution in [3.8, 4) is 0 Å². The van der Waals surface area contributed by atoms with Crippen molar-refractivity contribution in [3.63, 3.8) is 0 Å². The zero-order valence-electron chi connectivity index (χ0n) is 8.76. The molecule has 1 aromatic heterocycles. The molecule has 0 amide bonds. The average Bonchev–Trinajstić information content (AvgIpc) is 2.50. The van der Waals surface area contributed by atoms with Gasteiger partial charge in [-0.1, -0.05) is 0 Å². The highest BCUT2D eigenvalue weighted by Gasteiger charge is 2.36. The number of halogens is 3. The van der Waals surface area contributed by atoms with Crippen LogP contribution in [0.5, 0.6) is 0 Å². The number of hydrogen-bond acceptors (Lipinski definition) is 2. The van der Waals surface area contributed by atoms with E-state index in [2.05, 4.69) is 4.42 Å². The molecule has 0 atom stereocenters. The van der Waals surface area contributed by atoms with Crippen molar-refractivity contribution < 1.29 is 27.5 Å². The second kappa shape index (κ2) is 3.84. The SMILES string of the molecule is CC(C)(Cc1ccc(C(F)(F)F)o1)C(=O)O. The van der Waals surface area contributed by atoms with Gasteiger partial charge in [-0.15, -0.1) is 0 Å². The molecule has 0 radical (unpaired) electrons. The molecule has 0 aliphatic heterocycles. The summed E-state index contributed by atoms with van der Waals surface area (Å²) in [6.07, 6.45) is -4.62. The number of carboxylic acid groups (broad SMARTS) is 1. The molecule has 0 aliphatic rings. The number of alkyl halides is 3. The lowest BCUT2D eigenvalue weighted by Gasteiger charge is -2.16. The smallest absolute Gasteiger partial charge is 0.449 e. The van der Waals surface area contributed by atoms with E-state index in [1.54, 1.807) is 0 Å². The molecular formula is C10H11F3O3. The normalized spacial score (nSPS) is 12.8. The standard InChI is InChI=1S/C10H11F3O3/c1-9(2,8(14)15)5-6-3-4-7(16-6)10(11,12)13/h3-4H,5H2,1-2H3,(H,14,15). The van der Waals surface area contributed by atoms with Gasteiger partial charge in [0.25, 0.3) is 0 Å². The van der Waals surface area contributed by atoms with Gasteiger partial charge in [-0.2, -0.15) is 13.2 Å². The maximum absolute atomic E-state index is 12.2. The fourth-order valence-corrected chi connectivity index (χ4v) is 1.14. The highest BCUT2D eigenvalue weighted by Crippen LogP contribution is 2.32. The summed E-state index contributed by atoms with van der Waals surface area (Å²) in [4.78, 5) is 10.8. The molecule has 6 heteroatoms. The Morgan fingerprint density at radius 2 is 1.94 bits per heavy atom. The van der Waals surface area contributed by atoms with Gasteiger partial charge in [0.15, 0.2) is 0 Å². The van der Waals surface area contributed by atoms with E-state index >= 15 is 0 Å². The number of carbonyl (C=O) groups is 1. The molecule has 0 saturated carbocycles. The molecule has 0 spiro atoms. The molecule has 1 N–H and O–H groups in total. The Labute approximate surface area is 89.9 Å². The second-order valence-corrected chi connectivity index (χ2v) is 4.13. The molecular weight excluding hydrogens is 225 g/mol. The van der Waals surface area contributed by atoms with Crippen molar-refractivity contribution in [2.45, 2.75) is 26.4 Å². The predicted molar refractivity (Wildman–Crippen MR) is 48.8 cm³/mol. The Hall–Kier alpha value is -1.46. The summed E-state index contributed by atoms with van der Waals surface area (Å²) in [7, 11) is 0. The van der Waals surface area contributed by atoms with E-state index < -0.39 is 23.3 Å². The number of aliphatic carboxylic acids is 1. The van der Waals surface area contributed by atoms with Gasteiger partial charge < -0.3 is 9.52 Å². The summed E-state index contributed by atoms with van der Waals surface area (Å²) >= 11 is 0. The quantitative estimate of drug-likeness (QED) is 0.877. The van der Waals surface area contributed by atoms with Crippen molar-refractivity contribution in [2.75, 3.05) is 0 Å². The summed E-state index contributed by atoms with van der Waals surface area (Å²) in [5.41, 5.74) is -1.15. The van der Waals surface area contributed by atoms with E-state index in [0.29, 0.717) is 0 Å². The van der Waals surface area contributed by atoms with E-state index in [-0.39, 0.29) is 12.2 Å². The van der Waals surface area contributed by atoms with Gasteiger partial charge in [-0.25, -0.2) is 0 Å². The first kappa shape index (κ1) is 12.6. The van der Waals surface area contributed by atoms with Gasteiger partial charge >= 0.3 is 12.1 Å². The van der Waals surface area contributed by atoms with Crippen LogP contribution < -0.4 is 0 Å². The summed E-state index contributed by atoms with van der Waals surface area (Å²) in [5.74, 6) is -2.18.